The maximum absolute atomic E-state index is 11.8. The first-order valence-corrected chi connectivity index (χ1v) is 5.46. The van der Waals surface area contributed by atoms with Crippen LogP contribution in [0.4, 0.5) is 0 Å². The van der Waals surface area contributed by atoms with Crippen molar-refractivity contribution in [2.24, 2.45) is 0 Å². The number of carbonyl (C=O) groups is 1. The smallest absolute Gasteiger partial charge is 0.166 e. The van der Waals surface area contributed by atoms with E-state index in [4.69, 9.17) is 4.74 Å². The second kappa shape index (κ2) is 4.24. The van der Waals surface area contributed by atoms with E-state index < -0.39 is 0 Å². The maximum atomic E-state index is 11.8. The summed E-state index contributed by atoms with van der Waals surface area (Å²) in [7, 11) is 1.63. The van der Waals surface area contributed by atoms with Crippen molar-refractivity contribution in [1.82, 2.24) is 0 Å². The van der Waals surface area contributed by atoms with Gasteiger partial charge in [0.25, 0.3) is 0 Å². The molecule has 0 atom stereocenters. The van der Waals surface area contributed by atoms with E-state index in [0.29, 0.717) is 6.42 Å². The molecule has 0 aliphatic rings. The third-order valence-corrected chi connectivity index (χ3v) is 3.05. The van der Waals surface area contributed by atoms with Gasteiger partial charge in [0.2, 0.25) is 0 Å². The Hall–Kier alpha value is -0.670. The molecular formula is C11H16O2S. The van der Waals surface area contributed by atoms with Crippen LogP contribution in [0.5, 0.6) is 0 Å². The summed E-state index contributed by atoms with van der Waals surface area (Å²) in [5.74, 6) is 0.154. The van der Waals surface area contributed by atoms with Gasteiger partial charge in [0.15, 0.2) is 5.78 Å². The van der Waals surface area contributed by atoms with Crippen LogP contribution < -0.4 is 0 Å². The molecule has 0 amide bonds. The molecule has 0 spiro atoms. The van der Waals surface area contributed by atoms with Crippen molar-refractivity contribution in [3.63, 3.8) is 0 Å². The molecule has 2 nitrogen and oxygen atoms in total. The molecule has 14 heavy (non-hydrogen) atoms. The lowest BCUT2D eigenvalue weighted by Crippen LogP contribution is -2.26. The van der Waals surface area contributed by atoms with Gasteiger partial charge in [-0.3, -0.25) is 4.79 Å². The lowest BCUT2D eigenvalue weighted by Gasteiger charge is -2.21. The Kier molecular flexibility index (Phi) is 3.45. The Bertz CT molecular complexity index is 326. The molecule has 0 saturated carbocycles. The summed E-state index contributed by atoms with van der Waals surface area (Å²) in [4.78, 5) is 12.9. The highest BCUT2D eigenvalue weighted by Crippen LogP contribution is 2.20. The minimum absolute atomic E-state index is 0.154. The molecule has 1 aromatic rings. The van der Waals surface area contributed by atoms with Crippen molar-refractivity contribution in [2.45, 2.75) is 32.8 Å². The van der Waals surface area contributed by atoms with Crippen LogP contribution >= 0.6 is 11.3 Å². The number of methoxy groups -OCH3 is 1. The van der Waals surface area contributed by atoms with Crippen LogP contribution in [0, 0.1) is 6.92 Å². The van der Waals surface area contributed by atoms with E-state index in [9.17, 15) is 4.79 Å². The highest BCUT2D eigenvalue weighted by atomic mass is 32.1. The molecule has 0 bridgehead atoms. The molecule has 0 saturated heterocycles. The average molecular weight is 212 g/mol. The number of hydrogen-bond acceptors (Lipinski definition) is 3. The molecule has 3 heteroatoms. The Balaban J connectivity index is 2.68. The number of ketones is 1. The predicted octanol–water partition coefficient (Wildman–Crippen LogP) is 3.05. The quantitative estimate of drug-likeness (QED) is 0.717. The van der Waals surface area contributed by atoms with Crippen LogP contribution in [0.2, 0.25) is 0 Å². The van der Waals surface area contributed by atoms with Crippen LogP contribution in [0.15, 0.2) is 11.4 Å². The number of carbonyl (C=O) groups excluding carboxylic acids is 1. The fourth-order valence-electron chi connectivity index (χ4n) is 1.15. The lowest BCUT2D eigenvalue weighted by molar-refractivity contribution is 0.0172. The van der Waals surface area contributed by atoms with Gasteiger partial charge >= 0.3 is 0 Å². The molecule has 0 N–H and O–H groups in total. The van der Waals surface area contributed by atoms with E-state index in [-0.39, 0.29) is 11.4 Å². The van der Waals surface area contributed by atoms with Crippen molar-refractivity contribution < 1.29 is 9.53 Å². The molecule has 1 heterocycles. The van der Waals surface area contributed by atoms with E-state index in [0.717, 1.165) is 5.56 Å². The molecule has 1 rings (SSSR count). The fraction of sp³-hybridized carbons (Fsp3) is 0.545. The fourth-order valence-corrected chi connectivity index (χ4v) is 1.86. The monoisotopic (exact) mass is 212 g/mol. The number of thiophene rings is 1. The maximum Gasteiger partial charge on any atom is 0.166 e. The zero-order valence-electron chi connectivity index (χ0n) is 9.09. The minimum Gasteiger partial charge on any atom is -0.378 e. The standard InChI is InChI=1S/C11H16O2S/c1-8-5-9(7-14-8)10(12)6-11(2,3)13-4/h5,7H,6H2,1-4H3. The molecule has 0 fully saturated rings. The summed E-state index contributed by atoms with van der Waals surface area (Å²) in [6.07, 6.45) is 0.430. The van der Waals surface area contributed by atoms with Crippen LogP contribution in [0.1, 0.15) is 35.5 Å². The van der Waals surface area contributed by atoms with E-state index in [1.54, 1.807) is 18.4 Å². The number of Topliss-reactive ketones (excluding diaryl/α,β-unsaturated/α-hetero) is 1. The summed E-state index contributed by atoms with van der Waals surface area (Å²) >= 11 is 1.60. The second-order valence-electron chi connectivity index (χ2n) is 4.01. The number of aryl methyl sites for hydroxylation is 1. The van der Waals surface area contributed by atoms with Crippen molar-refractivity contribution in [2.75, 3.05) is 7.11 Å². The molecule has 0 aliphatic carbocycles. The zero-order chi connectivity index (χ0) is 10.8. The molecule has 0 aliphatic heterocycles. The summed E-state index contributed by atoms with van der Waals surface area (Å²) in [5, 5.41) is 1.91. The van der Waals surface area contributed by atoms with E-state index >= 15 is 0 Å². The van der Waals surface area contributed by atoms with Crippen molar-refractivity contribution in [3.8, 4) is 0 Å². The molecule has 0 unspecified atom stereocenters. The third-order valence-electron chi connectivity index (χ3n) is 2.19. The zero-order valence-corrected chi connectivity index (χ0v) is 9.90. The average Bonchev–Trinajstić information content (AvgIpc) is 2.51. The van der Waals surface area contributed by atoms with Crippen LogP contribution in [0.25, 0.3) is 0 Å². The normalized spacial score (nSPS) is 11.7. The SMILES string of the molecule is COC(C)(C)CC(=O)c1csc(C)c1. The Morgan fingerprint density at radius 3 is 2.64 bits per heavy atom. The van der Waals surface area contributed by atoms with E-state index in [2.05, 4.69) is 0 Å². The highest BCUT2D eigenvalue weighted by molar-refractivity contribution is 7.10. The van der Waals surface area contributed by atoms with Crippen molar-refractivity contribution >= 4 is 17.1 Å². The third kappa shape index (κ3) is 2.93. The van der Waals surface area contributed by atoms with Gasteiger partial charge in [-0.25, -0.2) is 0 Å². The van der Waals surface area contributed by atoms with Crippen molar-refractivity contribution in [1.29, 1.82) is 0 Å². The molecule has 0 aromatic carbocycles. The second-order valence-corrected chi connectivity index (χ2v) is 5.13. The summed E-state index contributed by atoms with van der Waals surface area (Å²) in [6.45, 7) is 5.84. The van der Waals surface area contributed by atoms with Gasteiger partial charge < -0.3 is 4.74 Å². The molecule has 1 aromatic heterocycles. The first-order chi connectivity index (χ1) is 6.44. The molecule has 0 radical (unpaired) electrons. The summed E-state index contributed by atoms with van der Waals surface area (Å²) in [6, 6.07) is 1.93. The van der Waals surface area contributed by atoms with Gasteiger partial charge in [0.1, 0.15) is 0 Å². The largest absolute Gasteiger partial charge is 0.378 e. The van der Waals surface area contributed by atoms with Gasteiger partial charge in [0, 0.05) is 29.4 Å². The number of ether oxygens (including phenoxy) is 1. The van der Waals surface area contributed by atoms with Crippen LogP contribution in [-0.2, 0) is 4.74 Å². The molecule has 78 valence electrons. The Morgan fingerprint density at radius 1 is 1.57 bits per heavy atom. The van der Waals surface area contributed by atoms with Gasteiger partial charge in [-0.2, -0.15) is 0 Å². The van der Waals surface area contributed by atoms with E-state index in [1.807, 2.05) is 32.2 Å². The number of hydrogen-bond donors (Lipinski definition) is 0. The first-order valence-electron chi connectivity index (χ1n) is 4.58. The highest BCUT2D eigenvalue weighted by Gasteiger charge is 2.22. The Morgan fingerprint density at radius 2 is 2.21 bits per heavy atom. The first kappa shape index (κ1) is 11.4. The topological polar surface area (TPSA) is 26.3 Å². The van der Waals surface area contributed by atoms with Gasteiger partial charge in [-0.15, -0.1) is 11.3 Å². The Labute approximate surface area is 88.9 Å². The molecular weight excluding hydrogens is 196 g/mol. The van der Waals surface area contributed by atoms with Gasteiger partial charge in [-0.1, -0.05) is 0 Å². The van der Waals surface area contributed by atoms with Crippen molar-refractivity contribution in [3.05, 3.63) is 21.9 Å². The van der Waals surface area contributed by atoms with Crippen LogP contribution in [0.3, 0.4) is 0 Å². The summed E-state index contributed by atoms with van der Waals surface area (Å²) in [5.41, 5.74) is 0.435. The van der Waals surface area contributed by atoms with Gasteiger partial charge in [-0.05, 0) is 26.8 Å². The minimum atomic E-state index is -0.368. The van der Waals surface area contributed by atoms with Gasteiger partial charge in [0.05, 0.1) is 5.60 Å². The summed E-state index contributed by atoms with van der Waals surface area (Å²) < 4.78 is 5.22. The number of rotatable bonds is 4. The van der Waals surface area contributed by atoms with E-state index in [1.165, 1.54) is 4.88 Å². The van der Waals surface area contributed by atoms with Crippen LogP contribution in [-0.4, -0.2) is 18.5 Å². The predicted molar refractivity (Wildman–Crippen MR) is 59.1 cm³/mol. The lowest BCUT2D eigenvalue weighted by atomic mass is 9.99.